The molecule has 2 unspecified atom stereocenters. The van der Waals surface area contributed by atoms with Gasteiger partial charge in [-0.05, 0) is 44.0 Å². The number of halogens is 1. The standard InChI is InChI=1S/C14H18ClNO4S/c1-2-20-14(17)12-4-3-5-13(12)16-21(18,19)11-8-6-10(15)7-9-11/h6-9,12-13,16H,2-5H2,1H3. The fourth-order valence-electron chi connectivity index (χ4n) is 2.51. The summed E-state index contributed by atoms with van der Waals surface area (Å²) >= 11 is 5.76. The SMILES string of the molecule is CCOC(=O)C1CCCC1NS(=O)(=O)c1ccc(Cl)cc1. The van der Waals surface area contributed by atoms with Gasteiger partial charge in [-0.25, -0.2) is 13.1 Å². The molecular formula is C14H18ClNO4S. The van der Waals surface area contributed by atoms with E-state index in [1.807, 2.05) is 0 Å². The Balaban J connectivity index is 2.12. The van der Waals surface area contributed by atoms with Gasteiger partial charge >= 0.3 is 5.97 Å². The molecule has 7 heteroatoms. The minimum atomic E-state index is -3.66. The van der Waals surface area contributed by atoms with Gasteiger partial charge in [-0.3, -0.25) is 4.79 Å². The first-order valence-electron chi connectivity index (χ1n) is 6.88. The van der Waals surface area contributed by atoms with Crippen LogP contribution in [-0.2, 0) is 19.6 Å². The van der Waals surface area contributed by atoms with Crippen LogP contribution < -0.4 is 4.72 Å². The lowest BCUT2D eigenvalue weighted by Crippen LogP contribution is -2.40. The summed E-state index contributed by atoms with van der Waals surface area (Å²) in [4.78, 5) is 12.0. The second kappa shape index (κ2) is 6.77. The molecule has 0 spiro atoms. The highest BCUT2D eigenvalue weighted by atomic mass is 35.5. The van der Waals surface area contributed by atoms with Crippen LogP contribution >= 0.6 is 11.6 Å². The molecule has 5 nitrogen and oxygen atoms in total. The molecule has 0 bridgehead atoms. The second-order valence-corrected chi connectivity index (χ2v) is 7.12. The molecule has 2 rings (SSSR count). The molecule has 0 aliphatic heterocycles. The average Bonchev–Trinajstić information content (AvgIpc) is 2.87. The summed E-state index contributed by atoms with van der Waals surface area (Å²) in [6.07, 6.45) is 2.08. The van der Waals surface area contributed by atoms with Gasteiger partial charge in [-0.15, -0.1) is 0 Å². The van der Waals surface area contributed by atoms with E-state index in [0.717, 1.165) is 6.42 Å². The Morgan fingerprint density at radius 3 is 2.62 bits per heavy atom. The fraction of sp³-hybridized carbons (Fsp3) is 0.500. The summed E-state index contributed by atoms with van der Waals surface area (Å²) in [5, 5.41) is 0.471. The number of carbonyl (C=O) groups is 1. The number of esters is 1. The fourth-order valence-corrected chi connectivity index (χ4v) is 3.95. The number of nitrogens with one attached hydrogen (secondary N) is 1. The van der Waals surface area contributed by atoms with E-state index < -0.39 is 22.0 Å². The Morgan fingerprint density at radius 2 is 2.00 bits per heavy atom. The van der Waals surface area contributed by atoms with Gasteiger partial charge in [0.2, 0.25) is 10.0 Å². The molecule has 1 aliphatic carbocycles. The first-order valence-corrected chi connectivity index (χ1v) is 8.74. The number of carbonyl (C=O) groups excluding carboxylic acids is 1. The number of rotatable bonds is 5. The quantitative estimate of drug-likeness (QED) is 0.841. The maximum Gasteiger partial charge on any atom is 0.310 e. The van der Waals surface area contributed by atoms with Gasteiger partial charge in [0.15, 0.2) is 0 Å². The third kappa shape index (κ3) is 3.96. The van der Waals surface area contributed by atoms with Crippen molar-refractivity contribution in [3.63, 3.8) is 0 Å². The third-order valence-electron chi connectivity index (χ3n) is 3.54. The highest BCUT2D eigenvalue weighted by Crippen LogP contribution is 2.28. The van der Waals surface area contributed by atoms with Crippen molar-refractivity contribution in [1.29, 1.82) is 0 Å². The lowest BCUT2D eigenvalue weighted by atomic mass is 10.1. The number of sulfonamides is 1. The Labute approximate surface area is 129 Å². The molecule has 0 radical (unpaired) electrons. The Bertz CT molecular complexity index is 600. The zero-order valence-electron chi connectivity index (χ0n) is 11.7. The zero-order chi connectivity index (χ0) is 15.5. The van der Waals surface area contributed by atoms with E-state index in [1.54, 1.807) is 6.92 Å². The minimum absolute atomic E-state index is 0.140. The number of hydrogen-bond acceptors (Lipinski definition) is 4. The maximum atomic E-state index is 12.3. The Kier molecular flexibility index (Phi) is 5.24. The van der Waals surface area contributed by atoms with Crippen LogP contribution in [0.2, 0.25) is 5.02 Å². The number of hydrogen-bond donors (Lipinski definition) is 1. The van der Waals surface area contributed by atoms with Crippen molar-refractivity contribution in [2.75, 3.05) is 6.61 Å². The van der Waals surface area contributed by atoms with E-state index in [9.17, 15) is 13.2 Å². The van der Waals surface area contributed by atoms with Crippen molar-refractivity contribution in [2.45, 2.75) is 37.1 Å². The summed E-state index contributed by atoms with van der Waals surface area (Å²) in [7, 11) is -3.66. The maximum absolute atomic E-state index is 12.3. The van der Waals surface area contributed by atoms with Crippen LogP contribution in [0.3, 0.4) is 0 Å². The summed E-state index contributed by atoms with van der Waals surface area (Å²) in [5.41, 5.74) is 0. The van der Waals surface area contributed by atoms with Crippen molar-refractivity contribution in [3.05, 3.63) is 29.3 Å². The molecule has 21 heavy (non-hydrogen) atoms. The summed E-state index contributed by atoms with van der Waals surface area (Å²) in [5.74, 6) is -0.745. The number of benzene rings is 1. The van der Waals surface area contributed by atoms with E-state index in [-0.39, 0.29) is 10.9 Å². The third-order valence-corrected chi connectivity index (χ3v) is 5.29. The lowest BCUT2D eigenvalue weighted by Gasteiger charge is -2.19. The monoisotopic (exact) mass is 331 g/mol. The average molecular weight is 332 g/mol. The molecule has 1 fully saturated rings. The van der Waals surface area contributed by atoms with Crippen molar-refractivity contribution in [3.8, 4) is 0 Å². The second-order valence-electron chi connectivity index (χ2n) is 4.97. The van der Waals surface area contributed by atoms with Crippen molar-refractivity contribution in [2.24, 2.45) is 5.92 Å². The van der Waals surface area contributed by atoms with E-state index in [2.05, 4.69) is 4.72 Å². The molecule has 0 heterocycles. The molecule has 1 saturated carbocycles. The molecule has 0 aromatic heterocycles. The molecule has 0 saturated heterocycles. The highest BCUT2D eigenvalue weighted by Gasteiger charge is 2.36. The van der Waals surface area contributed by atoms with Gasteiger partial charge in [0.05, 0.1) is 17.4 Å². The predicted molar refractivity (Wildman–Crippen MR) is 79.5 cm³/mol. The zero-order valence-corrected chi connectivity index (χ0v) is 13.3. The molecule has 1 aromatic rings. The van der Waals surface area contributed by atoms with Crippen LogP contribution in [0, 0.1) is 5.92 Å². The molecule has 0 amide bonds. The molecule has 1 N–H and O–H groups in total. The molecular weight excluding hydrogens is 314 g/mol. The highest BCUT2D eigenvalue weighted by molar-refractivity contribution is 7.89. The van der Waals surface area contributed by atoms with Gasteiger partial charge in [0, 0.05) is 11.1 Å². The van der Waals surface area contributed by atoms with E-state index >= 15 is 0 Å². The predicted octanol–water partition coefficient (Wildman–Crippen LogP) is 2.35. The molecule has 1 aromatic carbocycles. The summed E-state index contributed by atoms with van der Waals surface area (Å²) in [6, 6.07) is 5.52. The van der Waals surface area contributed by atoms with Crippen molar-refractivity contribution >= 4 is 27.6 Å². The van der Waals surface area contributed by atoms with Gasteiger partial charge in [-0.1, -0.05) is 18.0 Å². The molecule has 1 aliphatic rings. The first kappa shape index (κ1) is 16.3. The van der Waals surface area contributed by atoms with Crippen LogP contribution in [0.5, 0.6) is 0 Å². The normalized spacial score (nSPS) is 22.2. The van der Waals surface area contributed by atoms with Crippen molar-refractivity contribution < 1.29 is 17.9 Å². The first-order chi connectivity index (χ1) is 9.94. The number of ether oxygens (including phenoxy) is 1. The molecule has 116 valence electrons. The lowest BCUT2D eigenvalue weighted by molar-refractivity contribution is -0.148. The van der Waals surface area contributed by atoms with Gasteiger partial charge in [0.25, 0.3) is 0 Å². The van der Waals surface area contributed by atoms with Crippen LogP contribution in [0.1, 0.15) is 26.2 Å². The van der Waals surface area contributed by atoms with E-state index in [4.69, 9.17) is 16.3 Å². The smallest absolute Gasteiger partial charge is 0.310 e. The minimum Gasteiger partial charge on any atom is -0.466 e. The van der Waals surface area contributed by atoms with Crippen LogP contribution in [-0.4, -0.2) is 27.0 Å². The van der Waals surface area contributed by atoms with Crippen LogP contribution in [0.25, 0.3) is 0 Å². The van der Waals surface area contributed by atoms with Crippen molar-refractivity contribution in [1.82, 2.24) is 4.72 Å². The largest absolute Gasteiger partial charge is 0.466 e. The van der Waals surface area contributed by atoms with Gasteiger partial charge < -0.3 is 4.74 Å². The van der Waals surface area contributed by atoms with Gasteiger partial charge in [-0.2, -0.15) is 0 Å². The van der Waals surface area contributed by atoms with E-state index in [1.165, 1.54) is 24.3 Å². The molecule has 2 atom stereocenters. The summed E-state index contributed by atoms with van der Waals surface area (Å²) < 4.78 is 32.2. The van der Waals surface area contributed by atoms with Gasteiger partial charge in [0.1, 0.15) is 0 Å². The van der Waals surface area contributed by atoms with Crippen LogP contribution in [0.4, 0.5) is 0 Å². The Hall–Kier alpha value is -1.11. The topological polar surface area (TPSA) is 72.5 Å². The summed E-state index contributed by atoms with van der Waals surface area (Å²) in [6.45, 7) is 2.03. The van der Waals surface area contributed by atoms with E-state index in [0.29, 0.717) is 24.5 Å². The Morgan fingerprint density at radius 1 is 1.33 bits per heavy atom. The van der Waals surface area contributed by atoms with Crippen LogP contribution in [0.15, 0.2) is 29.2 Å².